The second-order valence-electron chi connectivity index (χ2n) is 7.91. The van der Waals surface area contributed by atoms with Crippen molar-refractivity contribution in [3.8, 4) is 17.0 Å². The number of aliphatic hydroxyl groups is 1. The number of nitrogens with one attached hydrogen (secondary N) is 1. The maximum atomic E-state index is 13.0. The van der Waals surface area contributed by atoms with Crippen LogP contribution in [0.1, 0.15) is 24.8 Å². The Morgan fingerprint density at radius 3 is 2.72 bits per heavy atom. The number of aromatic hydroxyl groups is 1. The van der Waals surface area contributed by atoms with Crippen LogP contribution in [0, 0.1) is 0 Å². The molecule has 1 saturated heterocycles. The molecule has 3 aromatic rings. The van der Waals surface area contributed by atoms with Gasteiger partial charge in [0.05, 0.1) is 12.2 Å². The quantitative estimate of drug-likeness (QED) is 0.549. The summed E-state index contributed by atoms with van der Waals surface area (Å²) in [5.74, 6) is 0.00968. The molecule has 0 unspecified atom stereocenters. The Hall–Kier alpha value is -2.98. The zero-order valence-corrected chi connectivity index (χ0v) is 17.3. The van der Waals surface area contributed by atoms with E-state index in [4.69, 9.17) is 0 Å². The second kappa shape index (κ2) is 9.25. The van der Waals surface area contributed by atoms with Gasteiger partial charge in [-0.05, 0) is 43.7 Å². The third-order valence-corrected chi connectivity index (χ3v) is 5.67. The molecule has 1 aliphatic rings. The lowest BCUT2D eigenvalue weighted by molar-refractivity contribution is -0.137. The number of hydrogen-bond acceptors (Lipinski definition) is 7. The monoisotopic (exact) mass is 447 g/mol. The van der Waals surface area contributed by atoms with Gasteiger partial charge in [0.15, 0.2) is 5.82 Å². The normalized spacial score (nSPS) is 17.9. The Kier molecular flexibility index (Phi) is 6.43. The number of halogens is 3. The fraction of sp³-hybridized carbons (Fsp3) is 0.409. The highest BCUT2D eigenvalue weighted by Crippen LogP contribution is 2.38. The number of fused-ring (bicyclic) bond motifs is 1. The minimum absolute atomic E-state index is 0.102. The van der Waals surface area contributed by atoms with E-state index in [2.05, 4.69) is 25.4 Å². The molecule has 0 radical (unpaired) electrons. The van der Waals surface area contributed by atoms with Crippen LogP contribution in [0.15, 0.2) is 36.7 Å². The number of β-amino-alcohol motifs (C(OH)–C–C–N with tert-alkyl or cyclic N) is 1. The molecule has 1 fully saturated rings. The van der Waals surface area contributed by atoms with Crippen molar-refractivity contribution in [2.45, 2.75) is 31.5 Å². The van der Waals surface area contributed by atoms with E-state index in [1.54, 1.807) is 18.5 Å². The third-order valence-electron chi connectivity index (χ3n) is 5.67. The molecule has 1 aliphatic heterocycles. The van der Waals surface area contributed by atoms with E-state index in [1.807, 2.05) is 0 Å². The van der Waals surface area contributed by atoms with Crippen LogP contribution in [0.4, 0.5) is 19.0 Å². The summed E-state index contributed by atoms with van der Waals surface area (Å²) in [5.41, 5.74) is -0.490. The molecule has 0 amide bonds. The maximum Gasteiger partial charge on any atom is 0.416 e. The van der Waals surface area contributed by atoms with Crippen LogP contribution in [0.25, 0.3) is 22.0 Å². The lowest BCUT2D eigenvalue weighted by Crippen LogP contribution is -2.37. The highest BCUT2D eigenvalue weighted by Gasteiger charge is 2.31. The summed E-state index contributed by atoms with van der Waals surface area (Å²) in [6.45, 7) is 2.40. The number of aromatic nitrogens is 3. The number of phenols is 1. The van der Waals surface area contributed by atoms with Gasteiger partial charge in [0.1, 0.15) is 11.4 Å². The third kappa shape index (κ3) is 4.76. The van der Waals surface area contributed by atoms with Crippen molar-refractivity contribution in [1.29, 1.82) is 0 Å². The first kappa shape index (κ1) is 22.2. The summed E-state index contributed by atoms with van der Waals surface area (Å²) in [6, 6.07) is 4.61. The topological polar surface area (TPSA) is 94.4 Å². The Morgan fingerprint density at radius 2 is 1.97 bits per heavy atom. The van der Waals surface area contributed by atoms with Crippen molar-refractivity contribution in [3.05, 3.63) is 42.2 Å². The number of anilines is 1. The number of hydrogen-bond donors (Lipinski definition) is 3. The number of rotatable bonds is 5. The van der Waals surface area contributed by atoms with Gasteiger partial charge in [-0.25, -0.2) is 0 Å². The molecule has 10 heteroatoms. The maximum absolute atomic E-state index is 13.0. The first-order chi connectivity index (χ1) is 15.4. The summed E-state index contributed by atoms with van der Waals surface area (Å²) in [5, 5.41) is 32.8. The van der Waals surface area contributed by atoms with Gasteiger partial charge in [0, 0.05) is 47.9 Å². The SMILES string of the molecule is OCCN1CCCC[C@@H](Nc2nnc(-c3ccc(C(F)(F)F)cc3O)c3ccncc23)C1. The molecule has 0 aliphatic carbocycles. The van der Waals surface area contributed by atoms with Crippen molar-refractivity contribution in [1.82, 2.24) is 20.1 Å². The number of benzene rings is 1. The summed E-state index contributed by atoms with van der Waals surface area (Å²) in [4.78, 5) is 6.37. The molecule has 0 saturated carbocycles. The molecule has 3 heterocycles. The number of nitrogens with zero attached hydrogens (tertiary/aromatic N) is 4. The fourth-order valence-electron chi connectivity index (χ4n) is 4.09. The Balaban J connectivity index is 1.68. The molecule has 0 spiro atoms. The van der Waals surface area contributed by atoms with Crippen LogP contribution >= 0.6 is 0 Å². The lowest BCUT2D eigenvalue weighted by atomic mass is 10.0. The van der Waals surface area contributed by atoms with Gasteiger partial charge in [-0.1, -0.05) is 6.42 Å². The molecule has 170 valence electrons. The van der Waals surface area contributed by atoms with E-state index < -0.39 is 17.5 Å². The predicted molar refractivity (Wildman–Crippen MR) is 114 cm³/mol. The van der Waals surface area contributed by atoms with Crippen LogP contribution in [-0.4, -0.2) is 62.6 Å². The first-order valence-corrected chi connectivity index (χ1v) is 10.5. The molecule has 4 rings (SSSR count). The minimum Gasteiger partial charge on any atom is -0.507 e. The molecular weight excluding hydrogens is 423 g/mol. The van der Waals surface area contributed by atoms with Crippen molar-refractivity contribution < 1.29 is 23.4 Å². The fourth-order valence-corrected chi connectivity index (χ4v) is 4.09. The molecule has 1 aromatic carbocycles. The largest absolute Gasteiger partial charge is 0.507 e. The van der Waals surface area contributed by atoms with Gasteiger partial charge in [-0.2, -0.15) is 13.2 Å². The van der Waals surface area contributed by atoms with E-state index in [0.29, 0.717) is 29.2 Å². The highest BCUT2D eigenvalue weighted by molar-refractivity contribution is 6.00. The van der Waals surface area contributed by atoms with Gasteiger partial charge in [0.2, 0.25) is 0 Å². The van der Waals surface area contributed by atoms with Gasteiger partial charge >= 0.3 is 6.18 Å². The molecule has 7 nitrogen and oxygen atoms in total. The summed E-state index contributed by atoms with van der Waals surface area (Å²) in [6.07, 6.45) is 1.67. The summed E-state index contributed by atoms with van der Waals surface area (Å²) >= 11 is 0. The molecular formula is C22H24F3N5O2. The Bertz CT molecular complexity index is 1090. The van der Waals surface area contributed by atoms with Gasteiger partial charge in [-0.15, -0.1) is 10.2 Å². The van der Waals surface area contributed by atoms with E-state index in [-0.39, 0.29) is 23.9 Å². The number of pyridine rings is 1. The van der Waals surface area contributed by atoms with E-state index in [9.17, 15) is 23.4 Å². The molecule has 3 N–H and O–H groups in total. The molecule has 2 aromatic heterocycles. The summed E-state index contributed by atoms with van der Waals surface area (Å²) < 4.78 is 38.9. The molecule has 0 bridgehead atoms. The van der Waals surface area contributed by atoms with E-state index >= 15 is 0 Å². The zero-order valence-electron chi connectivity index (χ0n) is 17.3. The average molecular weight is 447 g/mol. The molecule has 1 atom stereocenters. The number of likely N-dealkylation sites (tertiary alicyclic amines) is 1. The number of phenolic OH excluding ortho intramolecular Hbond substituents is 1. The van der Waals surface area contributed by atoms with Crippen LogP contribution in [0.3, 0.4) is 0 Å². The second-order valence-corrected chi connectivity index (χ2v) is 7.91. The van der Waals surface area contributed by atoms with Gasteiger partial charge < -0.3 is 15.5 Å². The highest BCUT2D eigenvalue weighted by atomic mass is 19.4. The van der Waals surface area contributed by atoms with Crippen molar-refractivity contribution in [2.75, 3.05) is 31.6 Å². The van der Waals surface area contributed by atoms with Gasteiger partial charge in [-0.3, -0.25) is 9.88 Å². The predicted octanol–water partition coefficient (Wildman–Crippen LogP) is 3.67. The zero-order chi connectivity index (χ0) is 22.7. The number of aliphatic hydroxyl groups excluding tert-OH is 1. The van der Waals surface area contributed by atoms with Crippen LogP contribution < -0.4 is 5.32 Å². The average Bonchev–Trinajstić information content (AvgIpc) is 2.99. The van der Waals surface area contributed by atoms with Gasteiger partial charge in [0.25, 0.3) is 0 Å². The van der Waals surface area contributed by atoms with Crippen molar-refractivity contribution in [3.63, 3.8) is 0 Å². The Labute approximate surface area is 182 Å². The van der Waals surface area contributed by atoms with Crippen molar-refractivity contribution >= 4 is 16.6 Å². The number of alkyl halides is 3. The Morgan fingerprint density at radius 1 is 1.12 bits per heavy atom. The van der Waals surface area contributed by atoms with Crippen LogP contribution in [0.2, 0.25) is 0 Å². The molecule has 32 heavy (non-hydrogen) atoms. The standard InChI is InChI=1S/C22H24F3N5O2/c23-22(24,25)14-4-5-17(19(32)11-14)20-16-6-7-26-12-18(16)21(29-28-20)27-15-3-1-2-8-30(13-15)9-10-31/h4-7,11-12,15,31-32H,1-3,8-10,13H2,(H,27,29)/t15-/m1/s1. The van der Waals surface area contributed by atoms with Crippen LogP contribution in [-0.2, 0) is 6.18 Å². The first-order valence-electron chi connectivity index (χ1n) is 10.5. The van der Waals surface area contributed by atoms with Crippen LogP contribution in [0.5, 0.6) is 5.75 Å². The minimum atomic E-state index is -4.55. The summed E-state index contributed by atoms with van der Waals surface area (Å²) in [7, 11) is 0. The smallest absolute Gasteiger partial charge is 0.416 e. The van der Waals surface area contributed by atoms with E-state index in [1.165, 1.54) is 6.07 Å². The van der Waals surface area contributed by atoms with E-state index in [0.717, 1.165) is 38.4 Å². The lowest BCUT2D eigenvalue weighted by Gasteiger charge is -2.25. The van der Waals surface area contributed by atoms with Crippen molar-refractivity contribution in [2.24, 2.45) is 0 Å².